The molecule has 0 N–H and O–H groups in total. The van der Waals surface area contributed by atoms with Gasteiger partial charge < -0.3 is 9.47 Å². The van der Waals surface area contributed by atoms with Gasteiger partial charge in [-0.15, -0.1) is 5.73 Å². The molecule has 1 heterocycles. The lowest BCUT2D eigenvalue weighted by Gasteiger charge is -2.35. The minimum absolute atomic E-state index is 0.472. The molecule has 2 nitrogen and oxygen atoms in total. The molecule has 2 heteroatoms. The molecular weight excluding hydrogens is 164 g/mol. The van der Waals surface area contributed by atoms with Crippen molar-refractivity contribution in [3.8, 4) is 0 Å². The van der Waals surface area contributed by atoms with Crippen LogP contribution in [0.15, 0.2) is 24.5 Å². The van der Waals surface area contributed by atoms with Crippen molar-refractivity contribution in [3.63, 3.8) is 0 Å². The van der Waals surface area contributed by atoms with Gasteiger partial charge in [-0.3, -0.25) is 0 Å². The fraction of sp³-hybridized carbons (Fsp3) is 0.545. The van der Waals surface area contributed by atoms with Crippen LogP contribution in [-0.4, -0.2) is 19.0 Å². The average molecular weight is 179 g/mol. The minimum Gasteiger partial charge on any atom is -0.342 e. The molecule has 1 fully saturated rings. The quantitative estimate of drug-likeness (QED) is 0.488. The van der Waals surface area contributed by atoms with Crippen LogP contribution in [0.1, 0.15) is 13.3 Å². The number of ether oxygens (including phenoxy) is 2. The molecule has 0 saturated carbocycles. The van der Waals surface area contributed by atoms with Gasteiger partial charge in [-0.1, -0.05) is 13.5 Å². The van der Waals surface area contributed by atoms with E-state index in [0.717, 1.165) is 6.42 Å². The molecule has 0 amide bonds. The molecule has 1 saturated heterocycles. The van der Waals surface area contributed by atoms with Crippen LogP contribution in [0.3, 0.4) is 0 Å². The van der Waals surface area contributed by atoms with Gasteiger partial charge >= 0.3 is 0 Å². The van der Waals surface area contributed by atoms with Gasteiger partial charge in [0.1, 0.15) is 0 Å². The Labute approximate surface area is 79.5 Å². The summed E-state index contributed by atoms with van der Waals surface area (Å²) in [5, 5.41) is 0. The van der Waals surface area contributed by atoms with Gasteiger partial charge in [0.15, 0.2) is 0 Å². The summed E-state index contributed by atoms with van der Waals surface area (Å²) >= 11 is 0. The van der Waals surface area contributed by atoms with Crippen LogP contribution in [0, 0.1) is 12.5 Å². The lowest BCUT2D eigenvalue weighted by Crippen LogP contribution is -2.40. The first-order chi connectivity index (χ1) is 6.26. The van der Waals surface area contributed by atoms with Crippen LogP contribution < -0.4 is 0 Å². The number of hydrogen-bond acceptors (Lipinski definition) is 2. The van der Waals surface area contributed by atoms with E-state index in [1.165, 1.54) is 0 Å². The van der Waals surface area contributed by atoms with Crippen LogP contribution in [0.2, 0.25) is 0 Å². The molecule has 1 aliphatic rings. The molecule has 0 unspecified atom stereocenters. The zero-order valence-electron chi connectivity index (χ0n) is 7.95. The average Bonchev–Trinajstić information content (AvgIpc) is 2.19. The third-order valence-corrected chi connectivity index (χ3v) is 2.24. The summed E-state index contributed by atoms with van der Waals surface area (Å²) in [6.07, 6.45) is 4.20. The molecule has 0 atom stereocenters. The lowest BCUT2D eigenvalue weighted by molar-refractivity contribution is -0.226. The van der Waals surface area contributed by atoms with Crippen LogP contribution in [0.25, 0.3) is 0 Å². The van der Waals surface area contributed by atoms with Gasteiger partial charge in [-0.25, -0.2) is 0 Å². The summed E-state index contributed by atoms with van der Waals surface area (Å²) in [6, 6.07) is 0. The van der Waals surface area contributed by atoms with Crippen LogP contribution in [-0.2, 0) is 9.47 Å². The Morgan fingerprint density at radius 1 is 1.62 bits per heavy atom. The lowest BCUT2D eigenvalue weighted by atomic mass is 10.1. The Bertz CT molecular complexity index is 218. The minimum atomic E-state index is -0.847. The van der Waals surface area contributed by atoms with E-state index in [4.69, 9.17) is 16.1 Å². The van der Waals surface area contributed by atoms with E-state index in [1.807, 2.05) is 0 Å². The Kier molecular flexibility index (Phi) is 3.49. The second-order valence-corrected chi connectivity index (χ2v) is 3.13. The van der Waals surface area contributed by atoms with Crippen molar-refractivity contribution in [2.75, 3.05) is 13.2 Å². The normalized spacial score (nSPS) is 33.5. The largest absolute Gasteiger partial charge is 0.342 e. The van der Waals surface area contributed by atoms with Gasteiger partial charge in [0.25, 0.3) is 0 Å². The number of hydrogen-bond donors (Lipinski definition) is 0. The van der Waals surface area contributed by atoms with E-state index in [-0.39, 0.29) is 0 Å². The molecule has 13 heavy (non-hydrogen) atoms. The van der Waals surface area contributed by atoms with Crippen LogP contribution in [0.5, 0.6) is 0 Å². The molecule has 0 spiro atoms. The summed E-state index contributed by atoms with van der Waals surface area (Å²) < 4.78 is 11.0. The second kappa shape index (κ2) is 4.43. The highest BCUT2D eigenvalue weighted by Crippen LogP contribution is 2.25. The summed E-state index contributed by atoms with van der Waals surface area (Å²) in [7, 11) is 0. The Morgan fingerprint density at radius 3 is 2.62 bits per heavy atom. The third kappa shape index (κ3) is 2.31. The predicted molar refractivity (Wildman–Crippen MR) is 51.0 cm³/mol. The first-order valence-electron chi connectivity index (χ1n) is 4.48. The second-order valence-electron chi connectivity index (χ2n) is 3.13. The van der Waals surface area contributed by atoms with E-state index in [0.29, 0.717) is 19.1 Å². The maximum Gasteiger partial charge on any atom is 0.215 e. The highest BCUT2D eigenvalue weighted by molar-refractivity contribution is 5.06. The molecule has 0 aliphatic carbocycles. The predicted octanol–water partition coefficient (Wildman–Crippen LogP) is 2.09. The Hall–Kier alpha value is -0.820. The van der Waals surface area contributed by atoms with Crippen LogP contribution in [0.4, 0.5) is 0 Å². The first-order valence-corrected chi connectivity index (χ1v) is 4.48. The third-order valence-electron chi connectivity index (χ3n) is 2.24. The highest BCUT2D eigenvalue weighted by atomic mass is 16.7. The summed E-state index contributed by atoms with van der Waals surface area (Å²) in [6.45, 7) is 12.3. The SMILES string of the molecule is [CH]=C=CC1(C=C)OCC(CC)CO1. The van der Waals surface area contributed by atoms with Crippen molar-refractivity contribution in [1.82, 2.24) is 0 Å². The van der Waals surface area contributed by atoms with Crippen LogP contribution >= 0.6 is 0 Å². The number of rotatable bonds is 3. The van der Waals surface area contributed by atoms with Crippen molar-refractivity contribution >= 4 is 0 Å². The Balaban J connectivity index is 2.62. The molecule has 0 aromatic carbocycles. The molecule has 0 aromatic heterocycles. The summed E-state index contributed by atoms with van der Waals surface area (Å²) in [5.41, 5.74) is 2.42. The van der Waals surface area contributed by atoms with Gasteiger partial charge in [-0.2, -0.15) is 0 Å². The standard InChI is InChI=1S/C11H15O2/c1-4-7-11(6-3)12-8-10(5-2)9-13-11/h1,6-7,10H,3,5,8-9H2,2H3. The van der Waals surface area contributed by atoms with Gasteiger partial charge in [-0.05, 0) is 19.1 Å². The monoisotopic (exact) mass is 179 g/mol. The highest BCUT2D eigenvalue weighted by Gasteiger charge is 2.31. The maximum atomic E-state index is 5.52. The molecule has 0 aromatic rings. The molecular formula is C11H15O2. The zero-order chi connectivity index (χ0) is 9.73. The van der Waals surface area contributed by atoms with Crippen molar-refractivity contribution in [3.05, 3.63) is 31.0 Å². The summed E-state index contributed by atoms with van der Waals surface area (Å²) in [4.78, 5) is 0. The topological polar surface area (TPSA) is 18.5 Å². The smallest absolute Gasteiger partial charge is 0.215 e. The first kappa shape index (κ1) is 10.3. The van der Waals surface area contributed by atoms with Crippen molar-refractivity contribution in [2.24, 2.45) is 5.92 Å². The van der Waals surface area contributed by atoms with E-state index >= 15 is 0 Å². The van der Waals surface area contributed by atoms with E-state index in [2.05, 4.69) is 19.2 Å². The fourth-order valence-corrected chi connectivity index (χ4v) is 1.20. The summed E-state index contributed by atoms with van der Waals surface area (Å²) in [5.74, 6) is -0.375. The van der Waals surface area contributed by atoms with Crippen molar-refractivity contribution in [1.29, 1.82) is 0 Å². The van der Waals surface area contributed by atoms with E-state index < -0.39 is 5.79 Å². The van der Waals surface area contributed by atoms with Crippen molar-refractivity contribution < 1.29 is 9.47 Å². The molecule has 0 bridgehead atoms. The molecule has 71 valence electrons. The van der Waals surface area contributed by atoms with Crippen molar-refractivity contribution in [2.45, 2.75) is 19.1 Å². The molecule has 1 rings (SSSR count). The van der Waals surface area contributed by atoms with E-state index in [9.17, 15) is 0 Å². The maximum absolute atomic E-state index is 5.52. The molecule has 1 radical (unpaired) electrons. The zero-order valence-corrected chi connectivity index (χ0v) is 7.95. The Morgan fingerprint density at radius 2 is 2.23 bits per heavy atom. The van der Waals surface area contributed by atoms with E-state index in [1.54, 1.807) is 12.2 Å². The molecule has 1 aliphatic heterocycles. The van der Waals surface area contributed by atoms with Gasteiger partial charge in [0, 0.05) is 12.0 Å². The van der Waals surface area contributed by atoms with Gasteiger partial charge in [0.05, 0.1) is 13.2 Å². The van der Waals surface area contributed by atoms with Gasteiger partial charge in [0.2, 0.25) is 5.79 Å². The fourth-order valence-electron chi connectivity index (χ4n) is 1.20.